The average Bonchev–Trinajstić information content (AvgIpc) is 2.37. The van der Waals surface area contributed by atoms with Gasteiger partial charge in [0.1, 0.15) is 5.75 Å². The summed E-state index contributed by atoms with van der Waals surface area (Å²) >= 11 is 0. The lowest BCUT2D eigenvalue weighted by Gasteiger charge is -2.17. The van der Waals surface area contributed by atoms with Gasteiger partial charge in [-0.3, -0.25) is 4.79 Å². The summed E-state index contributed by atoms with van der Waals surface area (Å²) in [5.74, 6) is 0.899. The van der Waals surface area contributed by atoms with Crippen LogP contribution >= 0.6 is 0 Å². The van der Waals surface area contributed by atoms with E-state index in [1.54, 1.807) is 0 Å². The molecule has 1 atom stereocenters. The Morgan fingerprint density at radius 3 is 2.52 bits per heavy atom. The average molecular weight is 292 g/mol. The monoisotopic (exact) mass is 292 g/mol. The van der Waals surface area contributed by atoms with Crippen molar-refractivity contribution in [1.82, 2.24) is 10.6 Å². The summed E-state index contributed by atoms with van der Waals surface area (Å²) in [4.78, 5) is 11.9. The highest BCUT2D eigenvalue weighted by Crippen LogP contribution is 2.20. The van der Waals surface area contributed by atoms with E-state index in [2.05, 4.69) is 24.5 Å². The Labute approximate surface area is 128 Å². The second-order valence-corrected chi connectivity index (χ2v) is 5.89. The van der Waals surface area contributed by atoms with Gasteiger partial charge in [-0.2, -0.15) is 0 Å². The molecule has 0 heterocycles. The second-order valence-electron chi connectivity index (χ2n) is 5.89. The van der Waals surface area contributed by atoms with Crippen LogP contribution in [0.5, 0.6) is 5.75 Å². The van der Waals surface area contributed by atoms with Gasteiger partial charge in [0, 0.05) is 19.0 Å². The van der Waals surface area contributed by atoms with Crippen LogP contribution in [0.1, 0.15) is 52.6 Å². The minimum atomic E-state index is -0.0211. The van der Waals surface area contributed by atoms with Gasteiger partial charge in [-0.05, 0) is 38.5 Å². The smallest absolute Gasteiger partial charge is 0.221 e. The van der Waals surface area contributed by atoms with Crippen molar-refractivity contribution < 1.29 is 9.53 Å². The highest BCUT2D eigenvalue weighted by Gasteiger charge is 2.10. The Balaban J connectivity index is 2.50. The molecule has 4 nitrogen and oxygen atoms in total. The van der Waals surface area contributed by atoms with Crippen molar-refractivity contribution in [3.63, 3.8) is 0 Å². The maximum absolute atomic E-state index is 11.9. The lowest BCUT2D eigenvalue weighted by atomic mass is 10.1. The lowest BCUT2D eigenvalue weighted by molar-refractivity contribution is -0.121. The van der Waals surface area contributed by atoms with E-state index in [9.17, 15) is 4.79 Å². The van der Waals surface area contributed by atoms with Gasteiger partial charge in [-0.15, -0.1) is 0 Å². The Bertz CT molecular complexity index is 444. The molecule has 1 aromatic rings. The number of hydrogen-bond donors (Lipinski definition) is 2. The number of hydrogen-bond acceptors (Lipinski definition) is 3. The molecule has 0 radical (unpaired) electrons. The van der Waals surface area contributed by atoms with E-state index in [0.717, 1.165) is 11.3 Å². The van der Waals surface area contributed by atoms with E-state index >= 15 is 0 Å². The van der Waals surface area contributed by atoms with Gasteiger partial charge in [0.25, 0.3) is 0 Å². The van der Waals surface area contributed by atoms with Gasteiger partial charge >= 0.3 is 0 Å². The van der Waals surface area contributed by atoms with E-state index in [0.29, 0.717) is 19.0 Å². The van der Waals surface area contributed by atoms with Crippen molar-refractivity contribution in [2.24, 2.45) is 0 Å². The first kappa shape index (κ1) is 17.5. The lowest BCUT2D eigenvalue weighted by Crippen LogP contribution is -2.31. The highest BCUT2D eigenvalue weighted by atomic mass is 16.5. The summed E-state index contributed by atoms with van der Waals surface area (Å²) in [5.41, 5.74) is 1.05. The van der Waals surface area contributed by atoms with Crippen molar-refractivity contribution in [1.29, 1.82) is 0 Å². The van der Waals surface area contributed by atoms with E-state index in [4.69, 9.17) is 4.74 Å². The number of ether oxygens (including phenoxy) is 1. The zero-order valence-electron chi connectivity index (χ0n) is 13.8. The van der Waals surface area contributed by atoms with Crippen molar-refractivity contribution in [2.75, 3.05) is 6.54 Å². The summed E-state index contributed by atoms with van der Waals surface area (Å²) in [6.45, 7) is 10.8. The fourth-order valence-electron chi connectivity index (χ4n) is 2.00. The molecule has 1 amide bonds. The molecule has 21 heavy (non-hydrogen) atoms. The molecule has 1 rings (SSSR count). The summed E-state index contributed by atoms with van der Waals surface area (Å²) in [5, 5.41) is 6.26. The molecule has 0 spiro atoms. The summed E-state index contributed by atoms with van der Waals surface area (Å²) in [6, 6.07) is 8.26. The third kappa shape index (κ3) is 7.14. The molecule has 0 aliphatic rings. The van der Waals surface area contributed by atoms with Gasteiger partial charge in [0.2, 0.25) is 5.91 Å². The van der Waals surface area contributed by atoms with Crippen LogP contribution in [0.2, 0.25) is 0 Å². The van der Waals surface area contributed by atoms with E-state index in [1.165, 1.54) is 0 Å². The Hall–Kier alpha value is -1.55. The summed E-state index contributed by atoms with van der Waals surface area (Å²) in [7, 11) is 0. The zero-order chi connectivity index (χ0) is 15.8. The fraction of sp³-hybridized carbons (Fsp3) is 0.588. The van der Waals surface area contributed by atoms with E-state index in [-0.39, 0.29) is 18.1 Å². The molecule has 118 valence electrons. The standard InChI is InChI=1S/C17H28N2O2/c1-12(2)18-10-9-17(20)19-14(5)15-7-6-8-16(11-15)21-13(3)4/h6-8,11-14,18H,9-10H2,1-5H3,(H,19,20). The molecule has 2 N–H and O–H groups in total. The molecule has 4 heteroatoms. The van der Waals surface area contributed by atoms with Crippen LogP contribution in [0.25, 0.3) is 0 Å². The second kappa shape index (κ2) is 8.67. The van der Waals surface area contributed by atoms with Crippen molar-refractivity contribution in [2.45, 2.75) is 59.2 Å². The molecular formula is C17H28N2O2. The Morgan fingerprint density at radius 1 is 1.19 bits per heavy atom. The fourth-order valence-corrected chi connectivity index (χ4v) is 2.00. The van der Waals surface area contributed by atoms with Crippen LogP contribution in [0.15, 0.2) is 24.3 Å². The number of nitrogens with one attached hydrogen (secondary N) is 2. The number of benzene rings is 1. The van der Waals surface area contributed by atoms with Gasteiger partial charge in [-0.25, -0.2) is 0 Å². The molecule has 0 fully saturated rings. The van der Waals surface area contributed by atoms with Crippen LogP contribution in [-0.2, 0) is 4.79 Å². The van der Waals surface area contributed by atoms with Crippen molar-refractivity contribution in [3.8, 4) is 5.75 Å². The number of rotatable bonds is 8. The van der Waals surface area contributed by atoms with Crippen LogP contribution in [0.3, 0.4) is 0 Å². The third-order valence-corrected chi connectivity index (χ3v) is 3.01. The van der Waals surface area contributed by atoms with Crippen LogP contribution in [-0.4, -0.2) is 24.6 Å². The van der Waals surface area contributed by atoms with E-state index < -0.39 is 0 Å². The first-order chi connectivity index (χ1) is 9.88. The Kier molecular flexibility index (Phi) is 7.23. The molecule has 0 aromatic heterocycles. The van der Waals surface area contributed by atoms with Crippen LogP contribution in [0, 0.1) is 0 Å². The molecule has 0 saturated heterocycles. The first-order valence-electron chi connectivity index (χ1n) is 7.68. The first-order valence-corrected chi connectivity index (χ1v) is 7.68. The minimum absolute atomic E-state index is 0.0211. The van der Waals surface area contributed by atoms with Crippen LogP contribution < -0.4 is 15.4 Å². The molecule has 0 saturated carbocycles. The predicted molar refractivity (Wildman–Crippen MR) is 86.5 cm³/mol. The number of carbonyl (C=O) groups excluding carboxylic acids is 1. The van der Waals surface area contributed by atoms with Crippen molar-refractivity contribution in [3.05, 3.63) is 29.8 Å². The van der Waals surface area contributed by atoms with Gasteiger partial charge in [0.15, 0.2) is 0 Å². The highest BCUT2D eigenvalue weighted by molar-refractivity contribution is 5.76. The maximum Gasteiger partial charge on any atom is 0.221 e. The predicted octanol–water partition coefficient (Wildman–Crippen LogP) is 3.04. The SMILES string of the molecule is CC(C)NCCC(=O)NC(C)c1cccc(OC(C)C)c1. The Morgan fingerprint density at radius 2 is 1.90 bits per heavy atom. The quantitative estimate of drug-likeness (QED) is 0.774. The summed E-state index contributed by atoms with van der Waals surface area (Å²) < 4.78 is 5.68. The number of carbonyl (C=O) groups is 1. The van der Waals surface area contributed by atoms with Crippen LogP contribution in [0.4, 0.5) is 0 Å². The molecule has 0 bridgehead atoms. The van der Waals surface area contributed by atoms with E-state index in [1.807, 2.05) is 45.0 Å². The third-order valence-electron chi connectivity index (χ3n) is 3.01. The maximum atomic E-state index is 11.9. The largest absolute Gasteiger partial charge is 0.491 e. The van der Waals surface area contributed by atoms with Gasteiger partial charge in [-0.1, -0.05) is 26.0 Å². The zero-order valence-corrected chi connectivity index (χ0v) is 13.8. The van der Waals surface area contributed by atoms with Gasteiger partial charge in [0.05, 0.1) is 12.1 Å². The molecule has 0 aliphatic carbocycles. The normalized spacial score (nSPS) is 12.5. The van der Waals surface area contributed by atoms with Crippen molar-refractivity contribution >= 4 is 5.91 Å². The topological polar surface area (TPSA) is 50.4 Å². The molecule has 1 unspecified atom stereocenters. The molecule has 0 aliphatic heterocycles. The van der Waals surface area contributed by atoms with Gasteiger partial charge < -0.3 is 15.4 Å². The number of amides is 1. The molecular weight excluding hydrogens is 264 g/mol. The minimum Gasteiger partial charge on any atom is -0.491 e. The molecule has 1 aromatic carbocycles. The summed E-state index contributed by atoms with van der Waals surface area (Å²) in [6.07, 6.45) is 0.636.